The highest BCUT2D eigenvalue weighted by molar-refractivity contribution is 5.92. The molecule has 3 aromatic rings. The second-order valence-electron chi connectivity index (χ2n) is 4.58. The lowest BCUT2D eigenvalue weighted by Gasteiger charge is -2.06. The largest absolute Gasteiger partial charge is 0.368 e. The molecule has 1 aromatic heterocycles. The van der Waals surface area contributed by atoms with Gasteiger partial charge in [-0.15, -0.1) is 0 Å². The minimum Gasteiger partial charge on any atom is -0.368 e. The fourth-order valence-electron chi connectivity index (χ4n) is 2.05. The fraction of sp³-hybridized carbons (Fsp3) is 0.0526. The van der Waals surface area contributed by atoms with E-state index in [0.717, 1.165) is 22.2 Å². The summed E-state index contributed by atoms with van der Waals surface area (Å²) in [7, 11) is 0. The SMILES string of the molecule is C=C/C=C\C.Nc1nc(-c2ccccc2)c2ccccc2n1. The van der Waals surface area contributed by atoms with Crippen LogP contribution in [0.1, 0.15) is 6.92 Å². The number of nitrogens with zero attached hydrogens (tertiary/aromatic N) is 2. The zero-order valence-electron chi connectivity index (χ0n) is 12.6. The van der Waals surface area contributed by atoms with Gasteiger partial charge in [0.2, 0.25) is 5.95 Å². The molecule has 0 aliphatic heterocycles. The molecular formula is C19H19N3. The number of hydrogen-bond acceptors (Lipinski definition) is 3. The monoisotopic (exact) mass is 289 g/mol. The molecule has 2 aromatic carbocycles. The smallest absolute Gasteiger partial charge is 0.221 e. The van der Waals surface area contributed by atoms with Gasteiger partial charge in [0.05, 0.1) is 11.2 Å². The third-order valence-electron chi connectivity index (χ3n) is 3.00. The highest BCUT2D eigenvalue weighted by Gasteiger charge is 2.07. The Labute approximate surface area is 130 Å². The lowest BCUT2D eigenvalue weighted by atomic mass is 10.1. The molecule has 0 unspecified atom stereocenters. The molecule has 0 aliphatic carbocycles. The van der Waals surface area contributed by atoms with Crippen LogP contribution < -0.4 is 5.73 Å². The number of anilines is 1. The van der Waals surface area contributed by atoms with E-state index in [9.17, 15) is 0 Å². The summed E-state index contributed by atoms with van der Waals surface area (Å²) in [4.78, 5) is 8.57. The first-order valence-electron chi connectivity index (χ1n) is 7.07. The van der Waals surface area contributed by atoms with E-state index in [1.54, 1.807) is 6.08 Å². The zero-order chi connectivity index (χ0) is 15.8. The van der Waals surface area contributed by atoms with Crippen LogP contribution >= 0.6 is 0 Å². The Morgan fingerprint density at radius 3 is 2.27 bits per heavy atom. The van der Waals surface area contributed by atoms with Crippen molar-refractivity contribution < 1.29 is 0 Å². The lowest BCUT2D eigenvalue weighted by molar-refractivity contribution is 1.24. The number of fused-ring (bicyclic) bond motifs is 1. The number of nitrogen functional groups attached to an aromatic ring is 1. The van der Waals surface area contributed by atoms with Gasteiger partial charge in [0.25, 0.3) is 0 Å². The number of hydrogen-bond donors (Lipinski definition) is 1. The number of allylic oxidation sites excluding steroid dienone is 3. The van der Waals surface area contributed by atoms with Crippen LogP contribution in [0.4, 0.5) is 5.95 Å². The van der Waals surface area contributed by atoms with Crippen molar-refractivity contribution >= 4 is 16.9 Å². The first kappa shape index (κ1) is 15.4. The Hall–Kier alpha value is -2.94. The van der Waals surface area contributed by atoms with Gasteiger partial charge in [-0.25, -0.2) is 9.97 Å². The van der Waals surface area contributed by atoms with Crippen LogP contribution in [0.3, 0.4) is 0 Å². The van der Waals surface area contributed by atoms with E-state index < -0.39 is 0 Å². The molecule has 1 heterocycles. The van der Waals surface area contributed by atoms with Gasteiger partial charge in [-0.05, 0) is 13.0 Å². The van der Waals surface area contributed by atoms with E-state index in [2.05, 4.69) is 16.5 Å². The van der Waals surface area contributed by atoms with Crippen molar-refractivity contribution in [1.29, 1.82) is 0 Å². The summed E-state index contributed by atoms with van der Waals surface area (Å²) in [5.74, 6) is 0.308. The highest BCUT2D eigenvalue weighted by atomic mass is 15.0. The van der Waals surface area contributed by atoms with Gasteiger partial charge in [-0.1, -0.05) is 73.3 Å². The summed E-state index contributed by atoms with van der Waals surface area (Å²) in [6.45, 7) is 5.42. The Morgan fingerprint density at radius 2 is 1.64 bits per heavy atom. The molecule has 0 spiro atoms. The van der Waals surface area contributed by atoms with Gasteiger partial charge < -0.3 is 5.73 Å². The van der Waals surface area contributed by atoms with Crippen molar-refractivity contribution in [3.8, 4) is 11.3 Å². The number of nitrogens with two attached hydrogens (primary N) is 1. The number of rotatable bonds is 2. The highest BCUT2D eigenvalue weighted by Crippen LogP contribution is 2.25. The minimum absolute atomic E-state index is 0.308. The van der Waals surface area contributed by atoms with E-state index in [-0.39, 0.29) is 0 Å². The summed E-state index contributed by atoms with van der Waals surface area (Å²) >= 11 is 0. The maximum Gasteiger partial charge on any atom is 0.221 e. The second kappa shape index (κ2) is 7.74. The molecular weight excluding hydrogens is 270 g/mol. The van der Waals surface area contributed by atoms with Gasteiger partial charge in [0.15, 0.2) is 0 Å². The van der Waals surface area contributed by atoms with Crippen molar-refractivity contribution in [1.82, 2.24) is 9.97 Å². The van der Waals surface area contributed by atoms with Crippen molar-refractivity contribution in [3.63, 3.8) is 0 Å². The Morgan fingerprint density at radius 1 is 0.955 bits per heavy atom. The third-order valence-corrected chi connectivity index (χ3v) is 3.00. The zero-order valence-corrected chi connectivity index (χ0v) is 12.6. The predicted molar refractivity (Wildman–Crippen MR) is 94.4 cm³/mol. The average Bonchev–Trinajstić information content (AvgIpc) is 2.56. The minimum atomic E-state index is 0.308. The van der Waals surface area contributed by atoms with E-state index in [1.807, 2.05) is 73.7 Å². The van der Waals surface area contributed by atoms with Crippen LogP contribution in [-0.4, -0.2) is 9.97 Å². The van der Waals surface area contributed by atoms with Gasteiger partial charge in [0.1, 0.15) is 0 Å². The molecule has 0 bridgehead atoms. The molecule has 0 amide bonds. The maximum atomic E-state index is 5.74. The van der Waals surface area contributed by atoms with Crippen LogP contribution in [0.5, 0.6) is 0 Å². The van der Waals surface area contributed by atoms with E-state index in [4.69, 9.17) is 5.73 Å². The molecule has 3 heteroatoms. The van der Waals surface area contributed by atoms with Crippen molar-refractivity contribution in [3.05, 3.63) is 79.4 Å². The summed E-state index contributed by atoms with van der Waals surface area (Å²) in [6, 6.07) is 17.9. The van der Waals surface area contributed by atoms with Gasteiger partial charge in [-0.2, -0.15) is 0 Å². The molecule has 0 saturated carbocycles. The molecule has 110 valence electrons. The average molecular weight is 289 g/mol. The molecule has 0 fully saturated rings. The predicted octanol–water partition coefficient (Wildman–Crippen LogP) is 4.63. The molecule has 22 heavy (non-hydrogen) atoms. The molecule has 0 saturated heterocycles. The van der Waals surface area contributed by atoms with E-state index in [1.165, 1.54) is 0 Å². The summed E-state index contributed by atoms with van der Waals surface area (Å²) < 4.78 is 0. The van der Waals surface area contributed by atoms with Crippen LogP contribution in [0.25, 0.3) is 22.2 Å². The first-order valence-corrected chi connectivity index (χ1v) is 7.07. The Balaban J connectivity index is 0.000000309. The normalized spacial score (nSPS) is 10.2. The quantitative estimate of drug-likeness (QED) is 0.700. The first-order chi connectivity index (χ1) is 10.8. The van der Waals surface area contributed by atoms with Gasteiger partial charge in [-0.3, -0.25) is 0 Å². The molecule has 0 atom stereocenters. The van der Waals surface area contributed by atoms with Crippen LogP contribution in [0.15, 0.2) is 79.4 Å². The Kier molecular flexibility index (Phi) is 5.44. The van der Waals surface area contributed by atoms with Crippen molar-refractivity contribution in [2.45, 2.75) is 6.92 Å². The summed E-state index contributed by atoms with van der Waals surface area (Å²) in [5, 5.41) is 1.02. The fourth-order valence-corrected chi connectivity index (χ4v) is 2.05. The molecule has 0 radical (unpaired) electrons. The number of benzene rings is 2. The Bertz CT molecular complexity index is 777. The van der Waals surface area contributed by atoms with Gasteiger partial charge >= 0.3 is 0 Å². The van der Waals surface area contributed by atoms with Crippen molar-refractivity contribution in [2.75, 3.05) is 5.73 Å². The van der Waals surface area contributed by atoms with E-state index in [0.29, 0.717) is 5.95 Å². The van der Waals surface area contributed by atoms with Crippen molar-refractivity contribution in [2.24, 2.45) is 0 Å². The summed E-state index contributed by atoms with van der Waals surface area (Å²) in [6.07, 6.45) is 5.58. The number of aromatic nitrogens is 2. The molecule has 0 aliphatic rings. The topological polar surface area (TPSA) is 51.8 Å². The molecule has 3 rings (SSSR count). The molecule has 2 N–H and O–H groups in total. The lowest BCUT2D eigenvalue weighted by Crippen LogP contribution is -1.97. The van der Waals surface area contributed by atoms with E-state index >= 15 is 0 Å². The summed E-state index contributed by atoms with van der Waals surface area (Å²) in [5.41, 5.74) is 8.55. The van der Waals surface area contributed by atoms with Crippen LogP contribution in [-0.2, 0) is 0 Å². The molecule has 3 nitrogen and oxygen atoms in total. The van der Waals surface area contributed by atoms with Gasteiger partial charge in [0, 0.05) is 10.9 Å². The second-order valence-corrected chi connectivity index (χ2v) is 4.58. The standard InChI is InChI=1S/C14H11N3.C5H8/c15-14-16-12-9-5-4-8-11(12)13(17-14)10-6-2-1-3-7-10;1-3-5-4-2/h1-9H,(H2,15,16,17);3-5H,1H2,2H3/b;5-4-. The number of para-hydroxylation sites is 1. The third kappa shape index (κ3) is 3.79. The van der Waals surface area contributed by atoms with Crippen LogP contribution in [0.2, 0.25) is 0 Å². The maximum absolute atomic E-state index is 5.74. The van der Waals surface area contributed by atoms with Crippen LogP contribution in [0, 0.1) is 0 Å².